The molecule has 1 heterocycles. The zero-order valence-electron chi connectivity index (χ0n) is 15.2. The fourth-order valence-electron chi connectivity index (χ4n) is 2.98. The lowest BCUT2D eigenvalue weighted by Crippen LogP contribution is -2.50. The van der Waals surface area contributed by atoms with E-state index >= 15 is 0 Å². The van der Waals surface area contributed by atoms with Gasteiger partial charge in [0.05, 0.1) is 4.90 Å². The first kappa shape index (κ1) is 21.2. The van der Waals surface area contributed by atoms with Gasteiger partial charge in [0, 0.05) is 37.2 Å². The predicted molar refractivity (Wildman–Crippen MR) is 107 cm³/mol. The Morgan fingerprint density at radius 2 is 1.64 bits per heavy atom. The zero-order chi connectivity index (χ0) is 20.1. The van der Waals surface area contributed by atoms with Crippen molar-refractivity contribution in [3.8, 4) is 5.75 Å². The molecule has 0 bridgehead atoms. The quantitative estimate of drug-likeness (QED) is 0.669. The smallest absolute Gasteiger partial charge is 0.243 e. The second kappa shape index (κ2) is 9.32. The van der Waals surface area contributed by atoms with Crippen LogP contribution in [0, 0.1) is 5.82 Å². The van der Waals surface area contributed by atoms with Gasteiger partial charge < -0.3 is 9.84 Å². The third kappa shape index (κ3) is 5.51. The van der Waals surface area contributed by atoms with E-state index in [2.05, 4.69) is 15.9 Å². The van der Waals surface area contributed by atoms with Gasteiger partial charge in [-0.3, -0.25) is 4.90 Å². The number of hydrogen-bond donors (Lipinski definition) is 1. The van der Waals surface area contributed by atoms with Crippen molar-refractivity contribution in [1.82, 2.24) is 9.21 Å². The largest absolute Gasteiger partial charge is 0.491 e. The normalized spacial score (nSPS) is 17.4. The van der Waals surface area contributed by atoms with Crippen LogP contribution in [-0.4, -0.2) is 68.2 Å². The maximum absolute atomic E-state index is 12.9. The van der Waals surface area contributed by atoms with Crippen LogP contribution in [0.15, 0.2) is 57.9 Å². The van der Waals surface area contributed by atoms with Crippen LogP contribution in [-0.2, 0) is 10.0 Å². The Morgan fingerprint density at radius 1 is 1.04 bits per heavy atom. The number of sulfonamides is 1. The van der Waals surface area contributed by atoms with Crippen molar-refractivity contribution in [3.63, 3.8) is 0 Å². The van der Waals surface area contributed by atoms with Gasteiger partial charge in [0.25, 0.3) is 0 Å². The first-order valence-electron chi connectivity index (χ1n) is 8.89. The van der Waals surface area contributed by atoms with E-state index in [1.807, 2.05) is 4.90 Å². The van der Waals surface area contributed by atoms with E-state index in [1.165, 1.54) is 28.6 Å². The number of piperazine rings is 1. The Labute approximate surface area is 172 Å². The molecule has 1 atom stereocenters. The van der Waals surface area contributed by atoms with Crippen LogP contribution in [0.5, 0.6) is 5.75 Å². The number of aliphatic hydroxyl groups excluding tert-OH is 1. The van der Waals surface area contributed by atoms with Gasteiger partial charge in [-0.2, -0.15) is 4.31 Å². The summed E-state index contributed by atoms with van der Waals surface area (Å²) in [7, 11) is -3.51. The summed E-state index contributed by atoms with van der Waals surface area (Å²) in [6.45, 7) is 2.26. The molecule has 0 spiro atoms. The van der Waals surface area contributed by atoms with E-state index in [9.17, 15) is 17.9 Å². The molecule has 2 aromatic rings. The molecule has 28 heavy (non-hydrogen) atoms. The lowest BCUT2D eigenvalue weighted by molar-refractivity contribution is 0.0569. The highest BCUT2D eigenvalue weighted by Gasteiger charge is 2.29. The van der Waals surface area contributed by atoms with Gasteiger partial charge in [-0.1, -0.05) is 15.9 Å². The second-order valence-electron chi connectivity index (χ2n) is 6.58. The van der Waals surface area contributed by atoms with Crippen LogP contribution in [0.2, 0.25) is 0 Å². The standard InChI is InChI=1S/C19H22BrFN2O4S/c20-15-1-7-19(8-2-15)28(25,26)23-11-9-22(10-12-23)13-17(24)14-27-18-5-3-16(21)4-6-18/h1-8,17,24H,9-14H2. The molecule has 1 fully saturated rings. The molecule has 6 nitrogen and oxygen atoms in total. The number of benzene rings is 2. The van der Waals surface area contributed by atoms with Crippen LogP contribution in [0.3, 0.4) is 0 Å². The topological polar surface area (TPSA) is 70.1 Å². The van der Waals surface area contributed by atoms with Crippen LogP contribution < -0.4 is 4.74 Å². The second-order valence-corrected chi connectivity index (χ2v) is 9.43. The minimum atomic E-state index is -3.51. The van der Waals surface area contributed by atoms with Gasteiger partial charge in [0.15, 0.2) is 0 Å². The molecule has 1 saturated heterocycles. The van der Waals surface area contributed by atoms with Crippen LogP contribution in [0.25, 0.3) is 0 Å². The molecule has 0 aliphatic carbocycles. The number of halogens is 2. The summed E-state index contributed by atoms with van der Waals surface area (Å²) in [4.78, 5) is 2.28. The van der Waals surface area contributed by atoms with Crippen molar-refractivity contribution in [2.24, 2.45) is 0 Å². The lowest BCUT2D eigenvalue weighted by Gasteiger charge is -2.34. The summed E-state index contributed by atoms with van der Waals surface area (Å²) < 4.78 is 46.0. The number of ether oxygens (including phenoxy) is 1. The van der Waals surface area contributed by atoms with Crippen molar-refractivity contribution in [2.45, 2.75) is 11.0 Å². The highest BCUT2D eigenvalue weighted by atomic mass is 79.9. The van der Waals surface area contributed by atoms with Crippen molar-refractivity contribution in [2.75, 3.05) is 39.3 Å². The summed E-state index contributed by atoms with van der Waals surface area (Å²) in [5, 5.41) is 10.2. The van der Waals surface area contributed by atoms with Gasteiger partial charge >= 0.3 is 0 Å². The molecule has 152 valence electrons. The molecule has 0 radical (unpaired) electrons. The van der Waals surface area contributed by atoms with E-state index < -0.39 is 16.1 Å². The first-order valence-corrected chi connectivity index (χ1v) is 11.1. The molecule has 1 N–H and O–H groups in total. The summed E-state index contributed by atoms with van der Waals surface area (Å²) >= 11 is 3.30. The average molecular weight is 473 g/mol. The van der Waals surface area contributed by atoms with Crippen LogP contribution >= 0.6 is 15.9 Å². The van der Waals surface area contributed by atoms with Gasteiger partial charge in [-0.15, -0.1) is 0 Å². The molecule has 1 aliphatic heterocycles. The van der Waals surface area contributed by atoms with Crippen molar-refractivity contribution in [3.05, 3.63) is 58.8 Å². The Hall–Kier alpha value is -1.52. The summed E-state index contributed by atoms with van der Waals surface area (Å²) in [5.41, 5.74) is 0. The SMILES string of the molecule is O=S(=O)(c1ccc(Br)cc1)N1CCN(CC(O)COc2ccc(F)cc2)CC1. The molecule has 0 aromatic heterocycles. The molecular weight excluding hydrogens is 451 g/mol. The van der Waals surface area contributed by atoms with Crippen LogP contribution in [0.4, 0.5) is 4.39 Å². The summed E-state index contributed by atoms with van der Waals surface area (Å²) in [6, 6.07) is 12.2. The number of β-amino-alcohol motifs (C(OH)–C–C–N with tert-alkyl or cyclic N) is 1. The number of rotatable bonds is 7. The number of aliphatic hydroxyl groups is 1. The lowest BCUT2D eigenvalue weighted by atomic mass is 10.3. The van der Waals surface area contributed by atoms with E-state index in [0.29, 0.717) is 38.5 Å². The highest BCUT2D eigenvalue weighted by Crippen LogP contribution is 2.20. The van der Waals surface area contributed by atoms with Crippen LogP contribution in [0.1, 0.15) is 0 Å². The number of hydrogen-bond acceptors (Lipinski definition) is 5. The Morgan fingerprint density at radius 3 is 2.25 bits per heavy atom. The maximum Gasteiger partial charge on any atom is 0.243 e. The van der Waals surface area contributed by atoms with E-state index in [-0.39, 0.29) is 17.3 Å². The Balaban J connectivity index is 1.46. The molecule has 9 heteroatoms. The molecular formula is C19H22BrFN2O4S. The molecule has 1 unspecified atom stereocenters. The first-order chi connectivity index (χ1) is 13.3. The fraction of sp³-hybridized carbons (Fsp3) is 0.368. The van der Waals surface area contributed by atoms with E-state index in [1.54, 1.807) is 24.3 Å². The third-order valence-electron chi connectivity index (χ3n) is 4.51. The Kier molecular flexibility index (Phi) is 7.05. The molecule has 3 rings (SSSR count). The molecule has 0 saturated carbocycles. The highest BCUT2D eigenvalue weighted by molar-refractivity contribution is 9.10. The minimum Gasteiger partial charge on any atom is -0.491 e. The van der Waals surface area contributed by atoms with Crippen molar-refractivity contribution in [1.29, 1.82) is 0 Å². The van der Waals surface area contributed by atoms with Gasteiger partial charge in [0.1, 0.15) is 24.3 Å². The van der Waals surface area contributed by atoms with Gasteiger partial charge in [0.2, 0.25) is 10.0 Å². The average Bonchev–Trinajstić information content (AvgIpc) is 2.68. The zero-order valence-corrected chi connectivity index (χ0v) is 17.6. The van der Waals surface area contributed by atoms with Gasteiger partial charge in [-0.05, 0) is 48.5 Å². The molecule has 2 aromatic carbocycles. The maximum atomic E-state index is 12.9. The summed E-state index contributed by atoms with van der Waals surface area (Å²) in [5.74, 6) is 0.148. The van der Waals surface area contributed by atoms with Crippen molar-refractivity contribution < 1.29 is 22.7 Å². The Bertz CT molecular complexity index is 870. The van der Waals surface area contributed by atoms with E-state index in [0.717, 1.165) is 4.47 Å². The number of nitrogens with zero attached hydrogens (tertiary/aromatic N) is 2. The summed E-state index contributed by atoms with van der Waals surface area (Å²) in [6.07, 6.45) is -0.723. The third-order valence-corrected chi connectivity index (χ3v) is 6.95. The van der Waals surface area contributed by atoms with Gasteiger partial charge in [-0.25, -0.2) is 12.8 Å². The fourth-order valence-corrected chi connectivity index (χ4v) is 4.67. The molecule has 1 aliphatic rings. The minimum absolute atomic E-state index is 0.0863. The predicted octanol–water partition coefficient (Wildman–Crippen LogP) is 2.33. The van der Waals surface area contributed by atoms with E-state index in [4.69, 9.17) is 4.74 Å². The monoisotopic (exact) mass is 472 g/mol. The van der Waals surface area contributed by atoms with Crippen molar-refractivity contribution >= 4 is 26.0 Å². The molecule has 0 amide bonds.